The van der Waals surface area contributed by atoms with E-state index in [1.165, 1.54) is 5.56 Å². The maximum atomic E-state index is 12.2. The number of fused-ring (bicyclic) bond motifs is 1. The van der Waals surface area contributed by atoms with Crippen molar-refractivity contribution in [1.82, 2.24) is 9.88 Å². The fourth-order valence-corrected chi connectivity index (χ4v) is 3.57. The van der Waals surface area contributed by atoms with Crippen LogP contribution in [0.3, 0.4) is 0 Å². The van der Waals surface area contributed by atoms with Gasteiger partial charge >= 0.3 is 6.03 Å². The van der Waals surface area contributed by atoms with Gasteiger partial charge in [0.2, 0.25) is 0 Å². The third kappa shape index (κ3) is 4.13. The van der Waals surface area contributed by atoms with Crippen molar-refractivity contribution in [1.29, 1.82) is 0 Å². The molecule has 0 bridgehead atoms. The van der Waals surface area contributed by atoms with Gasteiger partial charge in [0, 0.05) is 42.8 Å². The molecule has 1 aliphatic heterocycles. The number of primary amides is 1. The number of ether oxygens (including phenoxy) is 1. The highest BCUT2D eigenvalue weighted by atomic mass is 16.5. The average molecular weight is 376 g/mol. The first-order valence-corrected chi connectivity index (χ1v) is 9.48. The predicted molar refractivity (Wildman–Crippen MR) is 110 cm³/mol. The molecular formula is C22H24N4O2. The summed E-state index contributed by atoms with van der Waals surface area (Å²) < 4.78 is 5.40. The van der Waals surface area contributed by atoms with E-state index in [-0.39, 0.29) is 0 Å². The van der Waals surface area contributed by atoms with Crippen LogP contribution in [0.15, 0.2) is 60.9 Å². The molecule has 0 aliphatic carbocycles. The van der Waals surface area contributed by atoms with Crippen molar-refractivity contribution in [3.05, 3.63) is 72.1 Å². The van der Waals surface area contributed by atoms with Crippen molar-refractivity contribution in [3.8, 4) is 0 Å². The number of benzene rings is 2. The molecule has 4 rings (SSSR count). The molecule has 0 unspecified atom stereocenters. The molecule has 1 aromatic heterocycles. The summed E-state index contributed by atoms with van der Waals surface area (Å²) in [5.41, 5.74) is 8.80. The Balaban J connectivity index is 1.52. The fourth-order valence-electron chi connectivity index (χ4n) is 3.57. The lowest BCUT2D eigenvalue weighted by Crippen LogP contribution is -2.36. The van der Waals surface area contributed by atoms with E-state index in [2.05, 4.69) is 34.1 Å². The van der Waals surface area contributed by atoms with Crippen molar-refractivity contribution in [2.75, 3.05) is 31.2 Å². The lowest BCUT2D eigenvalue weighted by molar-refractivity contribution is 0.0342. The van der Waals surface area contributed by atoms with Crippen LogP contribution in [0.1, 0.15) is 11.1 Å². The summed E-state index contributed by atoms with van der Waals surface area (Å²) >= 11 is 0. The molecule has 2 heterocycles. The average Bonchev–Trinajstić information content (AvgIpc) is 2.73. The molecule has 1 aliphatic rings. The van der Waals surface area contributed by atoms with E-state index in [1.54, 1.807) is 17.3 Å². The number of aromatic nitrogens is 1. The fraction of sp³-hybridized carbons (Fsp3) is 0.273. The molecule has 6 nitrogen and oxygen atoms in total. The molecule has 0 radical (unpaired) electrons. The van der Waals surface area contributed by atoms with Gasteiger partial charge in [-0.1, -0.05) is 36.4 Å². The minimum Gasteiger partial charge on any atom is -0.379 e. The lowest BCUT2D eigenvalue weighted by Gasteiger charge is -2.26. The standard InChI is InChI=1S/C22H24N4O2/c23-22(27)26(21-3-1-2-19-14-24-9-8-20(19)21)16-18-6-4-17(5-7-18)15-25-10-12-28-13-11-25/h1-9,14H,10-13,15-16H2,(H2,23,27). The zero-order valence-electron chi connectivity index (χ0n) is 15.8. The van der Waals surface area contributed by atoms with Crippen LogP contribution in [0.2, 0.25) is 0 Å². The molecule has 28 heavy (non-hydrogen) atoms. The van der Waals surface area contributed by atoms with Crippen molar-refractivity contribution >= 4 is 22.5 Å². The summed E-state index contributed by atoms with van der Waals surface area (Å²) in [5, 5.41) is 1.94. The lowest BCUT2D eigenvalue weighted by atomic mass is 10.1. The van der Waals surface area contributed by atoms with E-state index >= 15 is 0 Å². The van der Waals surface area contributed by atoms with Gasteiger partial charge in [-0.25, -0.2) is 4.79 Å². The maximum Gasteiger partial charge on any atom is 0.319 e. The van der Waals surface area contributed by atoms with Crippen molar-refractivity contribution in [3.63, 3.8) is 0 Å². The van der Waals surface area contributed by atoms with Gasteiger partial charge in [0.05, 0.1) is 25.4 Å². The van der Waals surface area contributed by atoms with Gasteiger partial charge < -0.3 is 10.5 Å². The molecular weight excluding hydrogens is 352 g/mol. The molecule has 0 atom stereocenters. The Labute approximate surface area is 164 Å². The molecule has 3 aromatic rings. The van der Waals surface area contributed by atoms with Gasteiger partial charge in [-0.15, -0.1) is 0 Å². The van der Waals surface area contributed by atoms with Crippen LogP contribution >= 0.6 is 0 Å². The number of nitrogens with zero attached hydrogens (tertiary/aromatic N) is 3. The van der Waals surface area contributed by atoms with Gasteiger partial charge in [-0.3, -0.25) is 14.8 Å². The highest BCUT2D eigenvalue weighted by Crippen LogP contribution is 2.27. The van der Waals surface area contributed by atoms with E-state index in [1.807, 2.05) is 24.3 Å². The first-order chi connectivity index (χ1) is 13.7. The number of amides is 2. The van der Waals surface area contributed by atoms with Gasteiger partial charge in [0.1, 0.15) is 0 Å². The topological polar surface area (TPSA) is 71.7 Å². The van der Waals surface area contributed by atoms with Gasteiger partial charge in [0.15, 0.2) is 0 Å². The third-order valence-corrected chi connectivity index (χ3v) is 5.09. The number of morpholine rings is 1. The molecule has 6 heteroatoms. The summed E-state index contributed by atoms with van der Waals surface area (Å²) in [6.45, 7) is 4.87. The van der Waals surface area contributed by atoms with Gasteiger partial charge in [-0.2, -0.15) is 0 Å². The summed E-state index contributed by atoms with van der Waals surface area (Å²) in [6, 6.07) is 15.6. The Hall–Kier alpha value is -2.96. The Kier molecular flexibility index (Phi) is 5.50. The normalized spacial score (nSPS) is 14.9. The minimum atomic E-state index is -0.471. The number of nitrogens with two attached hydrogens (primary N) is 1. The molecule has 2 N–H and O–H groups in total. The second kappa shape index (κ2) is 8.37. The molecule has 2 amide bonds. The number of carbonyl (C=O) groups excluding carboxylic acids is 1. The van der Waals surface area contributed by atoms with Gasteiger partial charge in [-0.05, 0) is 23.3 Å². The monoisotopic (exact) mass is 376 g/mol. The van der Waals surface area contributed by atoms with Crippen LogP contribution in [0.25, 0.3) is 10.8 Å². The Morgan fingerprint density at radius 2 is 1.82 bits per heavy atom. The molecule has 2 aromatic carbocycles. The number of anilines is 1. The molecule has 0 spiro atoms. The van der Waals surface area contributed by atoms with Crippen LogP contribution in [0.4, 0.5) is 10.5 Å². The van der Waals surface area contributed by atoms with E-state index < -0.39 is 6.03 Å². The predicted octanol–water partition coefficient (Wildman–Crippen LogP) is 3.15. The smallest absolute Gasteiger partial charge is 0.319 e. The first kappa shape index (κ1) is 18.4. The highest BCUT2D eigenvalue weighted by molar-refractivity contribution is 6.02. The Bertz CT molecular complexity index is 947. The van der Waals surface area contributed by atoms with Crippen molar-refractivity contribution in [2.45, 2.75) is 13.1 Å². The summed E-state index contributed by atoms with van der Waals surface area (Å²) in [5.74, 6) is 0. The quantitative estimate of drug-likeness (QED) is 0.742. The van der Waals surface area contributed by atoms with E-state index in [0.29, 0.717) is 6.54 Å². The third-order valence-electron chi connectivity index (χ3n) is 5.09. The number of hydrogen-bond donors (Lipinski definition) is 1. The molecule has 0 saturated carbocycles. The Morgan fingerprint density at radius 1 is 1.07 bits per heavy atom. The zero-order valence-corrected chi connectivity index (χ0v) is 15.8. The number of urea groups is 1. The summed E-state index contributed by atoms with van der Waals surface area (Å²) in [4.78, 5) is 20.3. The number of carbonyl (C=O) groups is 1. The molecule has 1 saturated heterocycles. The SMILES string of the molecule is NC(=O)N(Cc1ccc(CN2CCOCC2)cc1)c1cccc2cnccc12. The molecule has 144 valence electrons. The van der Waals surface area contributed by atoms with Gasteiger partial charge in [0.25, 0.3) is 0 Å². The number of rotatable bonds is 5. The minimum absolute atomic E-state index is 0.425. The largest absolute Gasteiger partial charge is 0.379 e. The number of hydrogen-bond acceptors (Lipinski definition) is 4. The highest BCUT2D eigenvalue weighted by Gasteiger charge is 2.16. The zero-order chi connectivity index (χ0) is 19.3. The maximum absolute atomic E-state index is 12.2. The van der Waals surface area contributed by atoms with E-state index in [9.17, 15) is 4.79 Å². The van der Waals surface area contributed by atoms with Crippen LogP contribution in [0, 0.1) is 0 Å². The van der Waals surface area contributed by atoms with Crippen LogP contribution in [-0.4, -0.2) is 42.2 Å². The summed E-state index contributed by atoms with van der Waals surface area (Å²) in [6.07, 6.45) is 3.52. The number of pyridine rings is 1. The van der Waals surface area contributed by atoms with Crippen molar-refractivity contribution in [2.24, 2.45) is 5.73 Å². The second-order valence-electron chi connectivity index (χ2n) is 7.00. The van der Waals surface area contributed by atoms with E-state index in [0.717, 1.165) is 54.9 Å². The second-order valence-corrected chi connectivity index (χ2v) is 7.00. The van der Waals surface area contributed by atoms with Crippen LogP contribution in [-0.2, 0) is 17.8 Å². The first-order valence-electron chi connectivity index (χ1n) is 9.48. The van der Waals surface area contributed by atoms with Crippen LogP contribution in [0.5, 0.6) is 0 Å². The van der Waals surface area contributed by atoms with Crippen LogP contribution < -0.4 is 10.6 Å². The van der Waals surface area contributed by atoms with E-state index in [4.69, 9.17) is 10.5 Å². The van der Waals surface area contributed by atoms with Crippen molar-refractivity contribution < 1.29 is 9.53 Å². The Morgan fingerprint density at radius 3 is 2.57 bits per heavy atom. The summed E-state index contributed by atoms with van der Waals surface area (Å²) in [7, 11) is 0. The molecule has 1 fully saturated rings.